The van der Waals surface area contributed by atoms with E-state index in [0.717, 1.165) is 11.4 Å². The molecule has 0 unspecified atom stereocenters. The van der Waals surface area contributed by atoms with Crippen LogP contribution >= 0.6 is 12.6 Å². The van der Waals surface area contributed by atoms with Gasteiger partial charge in [0.05, 0.1) is 5.88 Å². The molecule has 1 N–H and O–H groups in total. The molecule has 1 aromatic rings. The molecule has 0 spiro atoms. The predicted octanol–water partition coefficient (Wildman–Crippen LogP) is 1.39. The summed E-state index contributed by atoms with van der Waals surface area (Å²) in [6.07, 6.45) is 0. The van der Waals surface area contributed by atoms with Crippen LogP contribution in [0.4, 0.5) is 5.95 Å². The Hall–Kier alpha value is -0.770. The molecule has 0 aliphatic heterocycles. The van der Waals surface area contributed by atoms with E-state index in [1.54, 1.807) is 0 Å². The average Bonchev–Trinajstić information content (AvgIpc) is 1.85. The van der Waals surface area contributed by atoms with Gasteiger partial charge in [-0.3, -0.25) is 0 Å². The highest BCUT2D eigenvalue weighted by atomic mass is 32.1. The number of hydrogen-bond donors (Lipinski definition) is 2. The summed E-state index contributed by atoms with van der Waals surface area (Å²) in [6, 6.07) is 1.93. The van der Waals surface area contributed by atoms with Crippen molar-refractivity contribution in [1.82, 2.24) is 9.97 Å². The van der Waals surface area contributed by atoms with Gasteiger partial charge in [0.1, 0.15) is 0 Å². The monoisotopic (exact) mass is 169 g/mol. The van der Waals surface area contributed by atoms with Crippen LogP contribution in [0.3, 0.4) is 0 Å². The Labute approximate surface area is 71.7 Å². The van der Waals surface area contributed by atoms with Crippen molar-refractivity contribution in [3.05, 3.63) is 17.5 Å². The number of hydrogen-bond acceptors (Lipinski definition) is 4. The third-order valence-electron chi connectivity index (χ3n) is 1.22. The summed E-state index contributed by atoms with van der Waals surface area (Å²) in [5, 5.41) is 2.93. The van der Waals surface area contributed by atoms with Crippen LogP contribution in [0.2, 0.25) is 0 Å². The first kappa shape index (κ1) is 8.33. The summed E-state index contributed by atoms with van der Waals surface area (Å²) in [6.45, 7) is 3.89. The molecule has 1 aromatic heterocycles. The molecule has 0 saturated heterocycles. The van der Waals surface area contributed by atoms with Gasteiger partial charge in [-0.2, -0.15) is 12.6 Å². The maximum absolute atomic E-state index is 4.15. The maximum Gasteiger partial charge on any atom is 0.223 e. The zero-order chi connectivity index (χ0) is 8.27. The second kappa shape index (κ2) is 3.57. The van der Waals surface area contributed by atoms with Gasteiger partial charge in [0.2, 0.25) is 5.95 Å². The summed E-state index contributed by atoms with van der Waals surface area (Å²) >= 11 is 4.01. The number of anilines is 1. The SMILES string of the molecule is Cc1cc(C)nc(NCS)n1. The van der Waals surface area contributed by atoms with Crippen LogP contribution in [0.15, 0.2) is 6.07 Å². The van der Waals surface area contributed by atoms with E-state index in [2.05, 4.69) is 27.9 Å². The van der Waals surface area contributed by atoms with E-state index < -0.39 is 0 Å². The van der Waals surface area contributed by atoms with E-state index in [9.17, 15) is 0 Å². The lowest BCUT2D eigenvalue weighted by Gasteiger charge is -2.02. The van der Waals surface area contributed by atoms with Crippen LogP contribution in [0.5, 0.6) is 0 Å². The lowest BCUT2D eigenvalue weighted by molar-refractivity contribution is 1.05. The smallest absolute Gasteiger partial charge is 0.223 e. The van der Waals surface area contributed by atoms with E-state index in [0.29, 0.717) is 11.8 Å². The quantitative estimate of drug-likeness (QED) is 0.519. The summed E-state index contributed by atoms with van der Waals surface area (Å²) in [7, 11) is 0. The molecule has 0 aliphatic rings. The normalized spacial score (nSPS) is 9.73. The molecule has 0 atom stereocenters. The summed E-state index contributed by atoms with van der Waals surface area (Å²) in [5.41, 5.74) is 1.95. The molecule has 60 valence electrons. The fraction of sp³-hybridized carbons (Fsp3) is 0.429. The van der Waals surface area contributed by atoms with Gasteiger partial charge in [-0.05, 0) is 19.9 Å². The Morgan fingerprint density at radius 1 is 1.36 bits per heavy atom. The van der Waals surface area contributed by atoms with E-state index in [-0.39, 0.29) is 0 Å². The molecule has 0 fully saturated rings. The minimum atomic E-state index is 0.558. The Morgan fingerprint density at radius 3 is 2.36 bits per heavy atom. The van der Waals surface area contributed by atoms with Crippen LogP contribution in [0.1, 0.15) is 11.4 Å². The van der Waals surface area contributed by atoms with Crippen LogP contribution in [-0.2, 0) is 0 Å². The fourth-order valence-corrected chi connectivity index (χ4v) is 1.02. The molecular weight excluding hydrogens is 158 g/mol. The van der Waals surface area contributed by atoms with Crippen LogP contribution in [0.25, 0.3) is 0 Å². The molecule has 1 rings (SSSR count). The Kier molecular flexibility index (Phi) is 2.70. The van der Waals surface area contributed by atoms with Crippen molar-refractivity contribution < 1.29 is 0 Å². The number of aromatic nitrogens is 2. The predicted molar refractivity (Wildman–Crippen MR) is 49.0 cm³/mol. The maximum atomic E-state index is 4.15. The lowest BCUT2D eigenvalue weighted by atomic mass is 10.4. The largest absolute Gasteiger partial charge is 0.345 e. The van der Waals surface area contributed by atoms with Gasteiger partial charge in [0.15, 0.2) is 0 Å². The zero-order valence-corrected chi connectivity index (χ0v) is 7.52. The highest BCUT2D eigenvalue weighted by Crippen LogP contribution is 2.02. The van der Waals surface area contributed by atoms with Gasteiger partial charge in [0.25, 0.3) is 0 Å². The van der Waals surface area contributed by atoms with Crippen LogP contribution in [0, 0.1) is 13.8 Å². The van der Waals surface area contributed by atoms with E-state index in [1.165, 1.54) is 0 Å². The minimum Gasteiger partial charge on any atom is -0.345 e. The topological polar surface area (TPSA) is 37.8 Å². The molecule has 0 radical (unpaired) electrons. The first-order chi connectivity index (χ1) is 5.22. The van der Waals surface area contributed by atoms with Crippen molar-refractivity contribution >= 4 is 18.6 Å². The van der Waals surface area contributed by atoms with Gasteiger partial charge in [-0.1, -0.05) is 0 Å². The average molecular weight is 169 g/mol. The first-order valence-electron chi connectivity index (χ1n) is 3.39. The number of aryl methyl sites for hydroxylation is 2. The summed E-state index contributed by atoms with van der Waals surface area (Å²) in [5.74, 6) is 1.21. The molecular formula is C7H11N3S. The minimum absolute atomic E-state index is 0.558. The van der Waals surface area contributed by atoms with Crippen LogP contribution < -0.4 is 5.32 Å². The highest BCUT2D eigenvalue weighted by molar-refractivity contribution is 7.80. The molecule has 4 heteroatoms. The number of nitrogens with zero attached hydrogens (tertiary/aromatic N) is 2. The molecule has 0 bridgehead atoms. The fourth-order valence-electron chi connectivity index (χ4n) is 0.876. The number of rotatable bonds is 2. The molecule has 11 heavy (non-hydrogen) atoms. The Bertz CT molecular complexity index is 229. The summed E-state index contributed by atoms with van der Waals surface area (Å²) in [4.78, 5) is 8.31. The van der Waals surface area contributed by atoms with Crippen molar-refractivity contribution in [3.63, 3.8) is 0 Å². The third-order valence-corrected chi connectivity index (χ3v) is 1.38. The van der Waals surface area contributed by atoms with Gasteiger partial charge in [-0.15, -0.1) is 0 Å². The Balaban J connectivity index is 2.89. The molecule has 3 nitrogen and oxygen atoms in total. The van der Waals surface area contributed by atoms with Crippen molar-refractivity contribution in [3.8, 4) is 0 Å². The van der Waals surface area contributed by atoms with Gasteiger partial charge < -0.3 is 5.32 Å². The standard InChI is InChI=1S/C7H11N3S/c1-5-3-6(2)10-7(9-5)8-4-11/h3,11H,4H2,1-2H3,(H,8,9,10). The van der Waals surface area contributed by atoms with E-state index in [1.807, 2.05) is 19.9 Å². The van der Waals surface area contributed by atoms with E-state index >= 15 is 0 Å². The number of thiol groups is 1. The zero-order valence-electron chi connectivity index (χ0n) is 6.63. The van der Waals surface area contributed by atoms with Gasteiger partial charge >= 0.3 is 0 Å². The first-order valence-corrected chi connectivity index (χ1v) is 4.02. The van der Waals surface area contributed by atoms with Gasteiger partial charge in [-0.25, -0.2) is 9.97 Å². The molecule has 0 aromatic carbocycles. The van der Waals surface area contributed by atoms with Gasteiger partial charge in [0, 0.05) is 11.4 Å². The van der Waals surface area contributed by atoms with Crippen molar-refractivity contribution in [2.75, 3.05) is 11.2 Å². The van der Waals surface area contributed by atoms with Crippen molar-refractivity contribution in [2.45, 2.75) is 13.8 Å². The molecule has 1 heterocycles. The second-order valence-corrected chi connectivity index (χ2v) is 2.63. The van der Waals surface area contributed by atoms with Crippen molar-refractivity contribution in [1.29, 1.82) is 0 Å². The van der Waals surface area contributed by atoms with Crippen LogP contribution in [-0.4, -0.2) is 15.8 Å². The molecule has 0 aliphatic carbocycles. The highest BCUT2D eigenvalue weighted by Gasteiger charge is 1.95. The molecule has 0 saturated carbocycles. The molecule has 0 amide bonds. The Morgan fingerprint density at radius 2 is 1.91 bits per heavy atom. The summed E-state index contributed by atoms with van der Waals surface area (Å²) < 4.78 is 0. The number of nitrogens with one attached hydrogen (secondary N) is 1. The second-order valence-electron chi connectivity index (χ2n) is 2.31. The van der Waals surface area contributed by atoms with Crippen molar-refractivity contribution in [2.24, 2.45) is 0 Å². The third kappa shape index (κ3) is 2.38. The van der Waals surface area contributed by atoms with E-state index in [4.69, 9.17) is 0 Å². The lowest BCUT2D eigenvalue weighted by Crippen LogP contribution is -2.02.